The Balaban J connectivity index is 1.88. The van der Waals surface area contributed by atoms with Gasteiger partial charge in [-0.15, -0.1) is 0 Å². The van der Waals surface area contributed by atoms with E-state index in [0.717, 1.165) is 17.7 Å². The Morgan fingerprint density at radius 3 is 2.29 bits per heavy atom. The fourth-order valence-electron chi connectivity index (χ4n) is 2.13. The van der Waals surface area contributed by atoms with Gasteiger partial charge in [0.15, 0.2) is 0 Å². The number of amides is 1. The van der Waals surface area contributed by atoms with Crippen LogP contribution in [0.25, 0.3) is 0 Å². The Hall–Kier alpha value is -1.89. The molecule has 0 radical (unpaired) electrons. The van der Waals surface area contributed by atoms with E-state index in [1.165, 1.54) is 4.90 Å². The van der Waals surface area contributed by atoms with Gasteiger partial charge in [0.25, 0.3) is 0 Å². The zero-order valence-corrected chi connectivity index (χ0v) is 14.8. The molecule has 1 amide bonds. The molecule has 24 heavy (non-hydrogen) atoms. The van der Waals surface area contributed by atoms with Crippen molar-refractivity contribution in [3.05, 3.63) is 59.1 Å². The summed E-state index contributed by atoms with van der Waals surface area (Å²) >= 11 is 5.82. The van der Waals surface area contributed by atoms with Crippen molar-refractivity contribution in [2.24, 2.45) is 0 Å². The van der Waals surface area contributed by atoms with Gasteiger partial charge in [-0.25, -0.2) is 13.1 Å². The lowest BCUT2D eigenvalue weighted by molar-refractivity contribution is -0.107. The summed E-state index contributed by atoms with van der Waals surface area (Å²) in [6.45, 7) is 2.55. The third-order valence-corrected chi connectivity index (χ3v) is 5.21. The van der Waals surface area contributed by atoms with Crippen LogP contribution in [0.2, 0.25) is 5.02 Å². The van der Waals surface area contributed by atoms with Crippen molar-refractivity contribution in [2.75, 3.05) is 18.0 Å². The molecule has 0 bridgehead atoms. The second-order valence-electron chi connectivity index (χ2n) is 5.34. The predicted octanol–water partition coefficient (Wildman–Crippen LogP) is 2.98. The lowest BCUT2D eigenvalue weighted by Gasteiger charge is -2.17. The van der Waals surface area contributed by atoms with Gasteiger partial charge in [-0.05, 0) is 49.7 Å². The van der Waals surface area contributed by atoms with Crippen LogP contribution < -0.4 is 9.62 Å². The molecule has 0 heterocycles. The average molecular weight is 367 g/mol. The maximum atomic E-state index is 12.2. The van der Waals surface area contributed by atoms with Crippen LogP contribution in [0.1, 0.15) is 12.0 Å². The molecule has 0 aliphatic heterocycles. The van der Waals surface area contributed by atoms with Crippen LogP contribution in [0.4, 0.5) is 5.69 Å². The first-order valence-electron chi connectivity index (χ1n) is 7.46. The van der Waals surface area contributed by atoms with Crippen molar-refractivity contribution in [1.82, 2.24) is 4.72 Å². The van der Waals surface area contributed by atoms with E-state index >= 15 is 0 Å². The molecule has 0 saturated carbocycles. The Labute approximate surface area is 147 Å². The monoisotopic (exact) mass is 366 g/mol. The average Bonchev–Trinajstić information content (AvgIpc) is 2.56. The van der Waals surface area contributed by atoms with E-state index in [1.807, 2.05) is 6.92 Å². The fourth-order valence-corrected chi connectivity index (χ4v) is 3.33. The summed E-state index contributed by atoms with van der Waals surface area (Å²) in [5.41, 5.74) is 1.72. The van der Waals surface area contributed by atoms with E-state index in [9.17, 15) is 13.2 Å². The third-order valence-electron chi connectivity index (χ3n) is 3.48. The Bertz CT molecular complexity index is 774. The van der Waals surface area contributed by atoms with Crippen molar-refractivity contribution in [3.63, 3.8) is 0 Å². The smallest absolute Gasteiger partial charge is 0.240 e. The number of sulfonamides is 1. The molecule has 0 unspecified atom stereocenters. The molecule has 1 N–H and O–H groups in total. The second-order valence-corrected chi connectivity index (χ2v) is 7.54. The molecule has 0 fully saturated rings. The number of hydrogen-bond donors (Lipinski definition) is 1. The largest absolute Gasteiger partial charge is 0.315 e. The molecule has 0 spiro atoms. The quantitative estimate of drug-likeness (QED) is 0.577. The highest BCUT2D eigenvalue weighted by atomic mass is 35.5. The lowest BCUT2D eigenvalue weighted by Crippen LogP contribution is -2.29. The summed E-state index contributed by atoms with van der Waals surface area (Å²) in [7, 11) is -3.53. The number of nitrogens with one attached hydrogen (secondary N) is 1. The third kappa shape index (κ3) is 5.06. The molecule has 0 aliphatic rings. The second kappa shape index (κ2) is 8.28. The minimum absolute atomic E-state index is 0.234. The first-order valence-corrected chi connectivity index (χ1v) is 9.32. The number of anilines is 1. The number of halogens is 1. The maximum Gasteiger partial charge on any atom is 0.240 e. The van der Waals surface area contributed by atoms with Crippen LogP contribution in [0.5, 0.6) is 0 Å². The van der Waals surface area contributed by atoms with Gasteiger partial charge in [0.1, 0.15) is 0 Å². The Morgan fingerprint density at radius 2 is 1.71 bits per heavy atom. The van der Waals surface area contributed by atoms with E-state index in [2.05, 4.69) is 4.72 Å². The predicted molar refractivity (Wildman–Crippen MR) is 95.8 cm³/mol. The van der Waals surface area contributed by atoms with E-state index < -0.39 is 10.0 Å². The summed E-state index contributed by atoms with van der Waals surface area (Å²) in [5.74, 6) is 0. The molecule has 5 nitrogen and oxygen atoms in total. The first kappa shape index (κ1) is 18.4. The van der Waals surface area contributed by atoms with Gasteiger partial charge in [-0.2, -0.15) is 0 Å². The van der Waals surface area contributed by atoms with Gasteiger partial charge in [0.2, 0.25) is 16.4 Å². The van der Waals surface area contributed by atoms with E-state index in [4.69, 9.17) is 11.6 Å². The summed E-state index contributed by atoms with van der Waals surface area (Å²) < 4.78 is 26.9. The van der Waals surface area contributed by atoms with Crippen molar-refractivity contribution >= 4 is 33.7 Å². The molecule has 0 aromatic heterocycles. The van der Waals surface area contributed by atoms with E-state index in [1.54, 1.807) is 48.5 Å². The highest BCUT2D eigenvalue weighted by molar-refractivity contribution is 7.89. The van der Waals surface area contributed by atoms with Crippen LogP contribution in [-0.4, -0.2) is 27.9 Å². The molecular weight excluding hydrogens is 348 g/mol. The summed E-state index contributed by atoms with van der Waals surface area (Å²) in [5, 5.41) is 0.593. The van der Waals surface area contributed by atoms with Gasteiger partial charge in [0.05, 0.1) is 4.90 Å². The fraction of sp³-hybridized carbons (Fsp3) is 0.235. The van der Waals surface area contributed by atoms with Gasteiger partial charge < -0.3 is 4.90 Å². The summed E-state index contributed by atoms with van der Waals surface area (Å²) in [6, 6.07) is 13.5. The maximum absolute atomic E-state index is 12.2. The van der Waals surface area contributed by atoms with Crippen molar-refractivity contribution in [1.29, 1.82) is 0 Å². The number of hydrogen-bond acceptors (Lipinski definition) is 3. The zero-order chi connectivity index (χ0) is 17.6. The minimum atomic E-state index is -3.53. The molecule has 0 atom stereocenters. The van der Waals surface area contributed by atoms with E-state index in [0.29, 0.717) is 18.0 Å². The number of aryl methyl sites for hydroxylation is 1. The number of benzene rings is 2. The van der Waals surface area contributed by atoms with Crippen molar-refractivity contribution in [2.45, 2.75) is 18.2 Å². The standard InChI is InChI=1S/C17H19ClN2O3S/c1-14-3-9-17(10-4-14)24(22,23)19-11-2-12-20(13-21)16-7-5-15(18)6-8-16/h3-10,13,19H,2,11-12H2,1H3. The highest BCUT2D eigenvalue weighted by Crippen LogP contribution is 2.17. The highest BCUT2D eigenvalue weighted by Gasteiger charge is 2.13. The van der Waals surface area contributed by atoms with E-state index in [-0.39, 0.29) is 11.4 Å². The van der Waals surface area contributed by atoms with Crippen LogP contribution in [0.3, 0.4) is 0 Å². The normalized spacial score (nSPS) is 11.2. The molecule has 2 rings (SSSR count). The Kier molecular flexibility index (Phi) is 6.36. The molecule has 0 saturated heterocycles. The Morgan fingerprint density at radius 1 is 1.08 bits per heavy atom. The topological polar surface area (TPSA) is 66.5 Å². The van der Waals surface area contributed by atoms with Crippen LogP contribution in [-0.2, 0) is 14.8 Å². The minimum Gasteiger partial charge on any atom is -0.315 e. The SMILES string of the molecule is Cc1ccc(S(=O)(=O)NCCCN(C=O)c2ccc(Cl)cc2)cc1. The van der Waals surface area contributed by atoms with Gasteiger partial charge >= 0.3 is 0 Å². The van der Waals surface area contributed by atoms with Crippen molar-refractivity contribution in [3.8, 4) is 0 Å². The van der Waals surface area contributed by atoms with Crippen molar-refractivity contribution < 1.29 is 13.2 Å². The number of rotatable bonds is 8. The number of carbonyl (C=O) groups is 1. The molecule has 128 valence electrons. The molecular formula is C17H19ClN2O3S. The van der Waals surface area contributed by atoms with Crippen LogP contribution in [0, 0.1) is 6.92 Å². The molecule has 7 heteroatoms. The molecule has 2 aromatic rings. The van der Waals surface area contributed by atoms with Gasteiger partial charge in [-0.3, -0.25) is 4.79 Å². The molecule has 2 aromatic carbocycles. The van der Waals surface area contributed by atoms with Crippen LogP contribution >= 0.6 is 11.6 Å². The molecule has 0 aliphatic carbocycles. The summed E-state index contributed by atoms with van der Waals surface area (Å²) in [4.78, 5) is 12.9. The zero-order valence-electron chi connectivity index (χ0n) is 13.3. The summed E-state index contributed by atoms with van der Waals surface area (Å²) in [6.07, 6.45) is 1.21. The lowest BCUT2D eigenvalue weighted by atomic mass is 10.2. The van der Waals surface area contributed by atoms with Crippen LogP contribution in [0.15, 0.2) is 53.4 Å². The number of carbonyl (C=O) groups excluding carboxylic acids is 1. The van der Waals surface area contributed by atoms with Gasteiger partial charge in [0, 0.05) is 23.8 Å². The number of nitrogens with zero attached hydrogens (tertiary/aromatic N) is 1. The first-order chi connectivity index (χ1) is 11.4. The van der Waals surface area contributed by atoms with Gasteiger partial charge in [-0.1, -0.05) is 29.3 Å².